The lowest BCUT2D eigenvalue weighted by Gasteiger charge is -2.36. The second-order valence-corrected chi connectivity index (χ2v) is 14.6. The standard InChI is InChI=1S/C32H36N6O5S2/c1-37-17-18-38(20-28(37)31(40)43-2)45(41,42)24-9-7-22(8-10-24)25(19-21-5-3-4-6-21)29(39)36-32-35-27-12-11-26(34-30(27)44-32)23-13-15-33-16-14-23/h7-16,21,25,28H,3-6,17-20H2,1-2H3,(H,35,36,39)/t25?,28-/m1/s1. The van der Waals surface area contributed by atoms with E-state index in [2.05, 4.69) is 15.3 Å². The van der Waals surface area contributed by atoms with Gasteiger partial charge in [-0.1, -0.05) is 49.2 Å². The topological polar surface area (TPSA) is 135 Å². The van der Waals surface area contributed by atoms with Gasteiger partial charge in [-0.15, -0.1) is 0 Å². The monoisotopic (exact) mass is 648 g/mol. The average Bonchev–Trinajstić information content (AvgIpc) is 3.73. The molecule has 2 aliphatic rings. The average molecular weight is 649 g/mol. The molecular weight excluding hydrogens is 613 g/mol. The van der Waals surface area contributed by atoms with Gasteiger partial charge < -0.3 is 10.1 Å². The highest BCUT2D eigenvalue weighted by molar-refractivity contribution is 7.89. The SMILES string of the molecule is COC(=O)[C@H]1CN(S(=O)(=O)c2ccc(C(CC3CCCC3)C(=O)Nc3nc4ccc(-c5ccncc5)nc4s3)cc2)CCN1C. The first-order chi connectivity index (χ1) is 21.7. The number of hydrogen-bond acceptors (Lipinski definition) is 10. The number of nitrogens with zero attached hydrogens (tertiary/aromatic N) is 5. The molecule has 1 aliphatic heterocycles. The number of nitrogens with one attached hydrogen (secondary N) is 1. The van der Waals surface area contributed by atoms with Crippen molar-refractivity contribution in [2.75, 3.05) is 39.1 Å². The number of hydrogen-bond donors (Lipinski definition) is 1. The molecule has 1 unspecified atom stereocenters. The molecule has 1 aliphatic carbocycles. The molecule has 1 aromatic carbocycles. The molecule has 4 heterocycles. The summed E-state index contributed by atoms with van der Waals surface area (Å²) >= 11 is 1.32. The number of fused-ring (bicyclic) bond motifs is 1. The fraction of sp³-hybridized carbons (Fsp3) is 0.406. The maximum atomic E-state index is 13.8. The fourth-order valence-electron chi connectivity index (χ4n) is 6.20. The van der Waals surface area contributed by atoms with Crippen LogP contribution < -0.4 is 5.32 Å². The molecule has 13 heteroatoms. The number of pyridine rings is 2. The van der Waals surface area contributed by atoms with Crippen LogP contribution in [-0.2, 0) is 24.3 Å². The number of carbonyl (C=O) groups is 2. The van der Waals surface area contributed by atoms with Gasteiger partial charge in [0.05, 0.1) is 23.6 Å². The van der Waals surface area contributed by atoms with E-state index in [0.717, 1.165) is 47.3 Å². The van der Waals surface area contributed by atoms with Gasteiger partial charge in [0.2, 0.25) is 15.9 Å². The first kappa shape index (κ1) is 31.2. The lowest BCUT2D eigenvalue weighted by atomic mass is 9.87. The van der Waals surface area contributed by atoms with Crippen molar-refractivity contribution in [3.05, 3.63) is 66.5 Å². The zero-order valence-electron chi connectivity index (χ0n) is 25.3. The number of anilines is 1. The van der Waals surface area contributed by atoms with Crippen molar-refractivity contribution < 1.29 is 22.7 Å². The van der Waals surface area contributed by atoms with Crippen LogP contribution >= 0.6 is 11.3 Å². The molecule has 3 aromatic heterocycles. The summed E-state index contributed by atoms with van der Waals surface area (Å²) in [6, 6.07) is 13.5. The molecule has 0 spiro atoms. The molecule has 11 nitrogen and oxygen atoms in total. The highest BCUT2D eigenvalue weighted by Crippen LogP contribution is 2.36. The van der Waals surface area contributed by atoms with Gasteiger partial charge >= 0.3 is 5.97 Å². The smallest absolute Gasteiger partial charge is 0.324 e. The van der Waals surface area contributed by atoms with Crippen LogP contribution in [0.5, 0.6) is 0 Å². The van der Waals surface area contributed by atoms with Crippen LogP contribution in [0.4, 0.5) is 5.13 Å². The molecule has 1 saturated heterocycles. The number of piperazine rings is 1. The van der Waals surface area contributed by atoms with Gasteiger partial charge in [0.25, 0.3) is 0 Å². The minimum absolute atomic E-state index is 0.0149. The van der Waals surface area contributed by atoms with Crippen molar-refractivity contribution in [2.24, 2.45) is 5.92 Å². The van der Waals surface area contributed by atoms with E-state index in [0.29, 0.717) is 29.5 Å². The Balaban J connectivity index is 1.21. The molecule has 1 saturated carbocycles. The molecule has 1 N–H and O–H groups in total. The highest BCUT2D eigenvalue weighted by atomic mass is 32.2. The van der Waals surface area contributed by atoms with Crippen LogP contribution in [0.25, 0.3) is 21.6 Å². The number of thiazole rings is 1. The summed E-state index contributed by atoms with van der Waals surface area (Å²) in [7, 11) is -0.775. The number of ether oxygens (including phenoxy) is 1. The summed E-state index contributed by atoms with van der Waals surface area (Å²) in [6.07, 6.45) is 8.56. The summed E-state index contributed by atoms with van der Waals surface area (Å²) in [5.41, 5.74) is 3.21. The first-order valence-electron chi connectivity index (χ1n) is 15.1. The third-order valence-corrected chi connectivity index (χ3v) is 11.6. The van der Waals surface area contributed by atoms with Gasteiger partial charge in [-0.2, -0.15) is 4.31 Å². The maximum absolute atomic E-state index is 13.8. The minimum Gasteiger partial charge on any atom is -0.468 e. The number of esters is 1. The van der Waals surface area contributed by atoms with Crippen molar-refractivity contribution in [1.82, 2.24) is 24.2 Å². The van der Waals surface area contributed by atoms with Crippen LogP contribution in [0.1, 0.15) is 43.6 Å². The lowest BCUT2D eigenvalue weighted by Crippen LogP contribution is -2.56. The van der Waals surface area contributed by atoms with Crippen molar-refractivity contribution in [3.8, 4) is 11.3 Å². The van der Waals surface area contributed by atoms with Crippen LogP contribution in [0.2, 0.25) is 0 Å². The van der Waals surface area contributed by atoms with Crippen LogP contribution in [0.3, 0.4) is 0 Å². The quantitative estimate of drug-likeness (QED) is 0.260. The zero-order valence-corrected chi connectivity index (χ0v) is 26.9. The number of sulfonamides is 1. The number of amides is 1. The largest absolute Gasteiger partial charge is 0.468 e. The van der Waals surface area contributed by atoms with E-state index >= 15 is 0 Å². The van der Waals surface area contributed by atoms with Gasteiger partial charge in [0.15, 0.2) is 5.13 Å². The van der Waals surface area contributed by atoms with E-state index in [9.17, 15) is 18.0 Å². The summed E-state index contributed by atoms with van der Waals surface area (Å²) in [6.45, 7) is 0.690. The Morgan fingerprint density at radius 3 is 2.47 bits per heavy atom. The van der Waals surface area contributed by atoms with E-state index in [4.69, 9.17) is 9.72 Å². The Labute approximate surface area is 266 Å². The number of aromatic nitrogens is 3. The number of benzene rings is 1. The number of likely N-dealkylation sites (N-methyl/N-ethyl adjacent to an activating group) is 1. The van der Waals surface area contributed by atoms with Gasteiger partial charge in [0, 0.05) is 37.6 Å². The van der Waals surface area contributed by atoms with E-state index in [1.807, 2.05) is 24.3 Å². The van der Waals surface area contributed by atoms with E-state index in [-0.39, 0.29) is 23.9 Å². The molecule has 236 valence electrons. The van der Waals surface area contributed by atoms with Gasteiger partial charge in [-0.25, -0.2) is 18.4 Å². The molecule has 1 amide bonds. The second-order valence-electron chi connectivity index (χ2n) is 11.7. The summed E-state index contributed by atoms with van der Waals surface area (Å²) in [4.78, 5) is 42.1. The highest BCUT2D eigenvalue weighted by Gasteiger charge is 2.37. The summed E-state index contributed by atoms with van der Waals surface area (Å²) in [5.74, 6) is -0.688. The lowest BCUT2D eigenvalue weighted by molar-refractivity contribution is -0.147. The van der Waals surface area contributed by atoms with Gasteiger partial charge in [-0.3, -0.25) is 19.5 Å². The normalized spacial score (nSPS) is 19.0. The number of rotatable bonds is 9. The van der Waals surface area contributed by atoms with Crippen molar-refractivity contribution in [2.45, 2.75) is 49.0 Å². The Morgan fingerprint density at radius 1 is 1.02 bits per heavy atom. The molecule has 2 atom stereocenters. The minimum atomic E-state index is -3.85. The van der Waals surface area contributed by atoms with Crippen LogP contribution in [0, 0.1) is 5.92 Å². The molecule has 45 heavy (non-hydrogen) atoms. The molecule has 0 radical (unpaired) electrons. The molecule has 0 bridgehead atoms. The van der Waals surface area contributed by atoms with Gasteiger partial charge in [-0.05, 0) is 61.3 Å². The fourth-order valence-corrected chi connectivity index (χ4v) is 8.48. The van der Waals surface area contributed by atoms with Crippen LogP contribution in [-0.4, -0.2) is 84.3 Å². The maximum Gasteiger partial charge on any atom is 0.324 e. The Hall–Kier alpha value is -3.78. The van der Waals surface area contributed by atoms with Crippen molar-refractivity contribution >= 4 is 48.7 Å². The second kappa shape index (κ2) is 13.3. The predicted octanol–water partition coefficient (Wildman–Crippen LogP) is 4.53. The Morgan fingerprint density at radius 2 is 1.76 bits per heavy atom. The molecule has 6 rings (SSSR count). The summed E-state index contributed by atoms with van der Waals surface area (Å²) < 4.78 is 33.3. The van der Waals surface area contributed by atoms with E-state index < -0.39 is 28.0 Å². The Kier molecular flexibility index (Phi) is 9.22. The number of carbonyl (C=O) groups excluding carboxylic acids is 2. The van der Waals surface area contributed by atoms with Crippen molar-refractivity contribution in [1.29, 1.82) is 0 Å². The van der Waals surface area contributed by atoms with E-state index in [1.165, 1.54) is 22.8 Å². The Bertz CT molecular complexity index is 1770. The zero-order chi connectivity index (χ0) is 31.6. The van der Waals surface area contributed by atoms with E-state index in [1.54, 1.807) is 48.6 Å². The number of methoxy groups -OCH3 is 1. The molecular formula is C32H36N6O5S2. The van der Waals surface area contributed by atoms with Crippen molar-refractivity contribution in [3.63, 3.8) is 0 Å². The predicted molar refractivity (Wildman–Crippen MR) is 172 cm³/mol. The third-order valence-electron chi connectivity index (χ3n) is 8.83. The summed E-state index contributed by atoms with van der Waals surface area (Å²) in [5, 5.41) is 3.50. The van der Waals surface area contributed by atoms with Gasteiger partial charge in [0.1, 0.15) is 16.4 Å². The molecule has 4 aromatic rings. The molecule has 2 fully saturated rings. The van der Waals surface area contributed by atoms with Crippen LogP contribution in [0.15, 0.2) is 65.8 Å². The first-order valence-corrected chi connectivity index (χ1v) is 17.4. The third kappa shape index (κ3) is 6.76.